The first-order valence-electron chi connectivity index (χ1n) is 11.9. The van der Waals surface area contributed by atoms with Crippen LogP contribution in [-0.2, 0) is 40.5 Å². The molecule has 1 atom stereocenters. The van der Waals surface area contributed by atoms with Crippen LogP contribution >= 0.6 is 0 Å². The normalized spacial score (nSPS) is 12.5. The summed E-state index contributed by atoms with van der Waals surface area (Å²) in [5.74, 6) is -0.225. The van der Waals surface area contributed by atoms with E-state index < -0.39 is 22.0 Å². The number of aromatic nitrogens is 4. The molecule has 2 aromatic heterocycles. The second kappa shape index (κ2) is 10.6. The summed E-state index contributed by atoms with van der Waals surface area (Å²) in [6, 6.07) is 13.2. The van der Waals surface area contributed by atoms with Crippen molar-refractivity contribution in [3.05, 3.63) is 63.3 Å². The van der Waals surface area contributed by atoms with Crippen LogP contribution in [0.2, 0.25) is 0 Å². The highest BCUT2D eigenvalue weighted by atomic mass is 32.2. The Morgan fingerprint density at radius 1 is 1.06 bits per heavy atom. The van der Waals surface area contributed by atoms with Gasteiger partial charge in [0.15, 0.2) is 11.2 Å². The van der Waals surface area contributed by atoms with Gasteiger partial charge in [0.05, 0.1) is 11.5 Å². The fraction of sp³-hybridized carbons (Fsp3) is 0.385. The molecule has 4 aromatic rings. The molecule has 0 spiro atoms. The number of hydrogen-bond donors (Lipinski definition) is 0. The molecule has 0 amide bonds. The maximum atomic E-state index is 14.0. The van der Waals surface area contributed by atoms with Crippen molar-refractivity contribution in [3.63, 3.8) is 0 Å². The fourth-order valence-electron chi connectivity index (χ4n) is 4.26. The van der Waals surface area contributed by atoms with Gasteiger partial charge in [0.25, 0.3) is 5.56 Å². The van der Waals surface area contributed by atoms with Crippen LogP contribution in [0.1, 0.15) is 33.6 Å². The molecule has 0 N–H and O–H groups in total. The fourth-order valence-corrected chi connectivity index (χ4v) is 5.60. The average molecular weight is 511 g/mol. The van der Waals surface area contributed by atoms with Gasteiger partial charge in [-0.25, -0.2) is 14.0 Å². The second-order valence-corrected chi connectivity index (χ2v) is 10.5. The number of fused-ring (bicyclic) bond motifs is 2. The smallest absolute Gasteiger partial charge is 0.332 e. The maximum absolute atomic E-state index is 14.0. The minimum absolute atomic E-state index is 0.129. The van der Waals surface area contributed by atoms with Gasteiger partial charge in [-0.2, -0.15) is 0 Å². The first-order chi connectivity index (χ1) is 17.2. The van der Waals surface area contributed by atoms with Gasteiger partial charge in [-0.3, -0.25) is 18.7 Å². The quantitative estimate of drug-likeness (QED) is 0.253. The summed E-state index contributed by atoms with van der Waals surface area (Å²) in [5, 5.41) is 1.99. The summed E-state index contributed by atoms with van der Waals surface area (Å²) in [4.78, 5) is 42.6. The molecule has 10 heteroatoms. The molecular weight excluding hydrogens is 480 g/mol. The van der Waals surface area contributed by atoms with E-state index in [1.54, 1.807) is 10.6 Å². The molecule has 0 bridgehead atoms. The van der Waals surface area contributed by atoms with E-state index in [9.17, 15) is 18.6 Å². The summed E-state index contributed by atoms with van der Waals surface area (Å²) >= 11 is 0. The lowest BCUT2D eigenvalue weighted by Crippen LogP contribution is -2.39. The number of unbranched alkanes of at least 4 members (excludes halogenated alkanes) is 1. The van der Waals surface area contributed by atoms with Gasteiger partial charge >= 0.3 is 11.7 Å². The number of ether oxygens (including phenoxy) is 1. The van der Waals surface area contributed by atoms with Crippen molar-refractivity contribution in [2.75, 3.05) is 6.61 Å². The van der Waals surface area contributed by atoms with E-state index in [2.05, 4.69) is 4.98 Å². The first-order valence-corrected chi connectivity index (χ1v) is 13.1. The van der Waals surface area contributed by atoms with Crippen molar-refractivity contribution in [2.24, 2.45) is 13.0 Å². The van der Waals surface area contributed by atoms with Crippen LogP contribution in [0.5, 0.6) is 0 Å². The van der Waals surface area contributed by atoms with E-state index in [1.165, 1.54) is 18.5 Å². The van der Waals surface area contributed by atoms with E-state index in [-0.39, 0.29) is 34.8 Å². The molecule has 2 heterocycles. The monoisotopic (exact) mass is 510 g/mol. The summed E-state index contributed by atoms with van der Waals surface area (Å²) in [5.41, 5.74) is -0.457. The average Bonchev–Trinajstić information content (AvgIpc) is 3.23. The number of benzene rings is 2. The number of imidazole rings is 1. The molecule has 0 saturated carbocycles. The Hall–Kier alpha value is -3.53. The van der Waals surface area contributed by atoms with Gasteiger partial charge in [0.2, 0.25) is 5.16 Å². The van der Waals surface area contributed by atoms with Gasteiger partial charge in [0.1, 0.15) is 10.8 Å². The van der Waals surface area contributed by atoms with Gasteiger partial charge in [-0.05, 0) is 35.6 Å². The summed E-state index contributed by atoms with van der Waals surface area (Å²) < 4.78 is 23.3. The molecule has 0 radical (unpaired) electrons. The van der Waals surface area contributed by atoms with Crippen LogP contribution in [-0.4, -0.2) is 35.5 Å². The lowest BCUT2D eigenvalue weighted by molar-refractivity contribution is -0.141. The summed E-state index contributed by atoms with van der Waals surface area (Å²) in [7, 11) is -0.275. The van der Waals surface area contributed by atoms with Crippen LogP contribution in [0.4, 0.5) is 0 Å². The molecule has 36 heavy (non-hydrogen) atoms. The topological polar surface area (TPSA) is 105 Å². The molecule has 0 fully saturated rings. The van der Waals surface area contributed by atoms with E-state index in [0.717, 1.165) is 15.3 Å². The largest absolute Gasteiger partial charge is 0.466 e. The third-order valence-electron chi connectivity index (χ3n) is 5.94. The Bertz CT molecular complexity index is 1580. The zero-order chi connectivity index (χ0) is 26.0. The lowest BCUT2D eigenvalue weighted by atomic mass is 10.1. The minimum atomic E-state index is -1.72. The molecule has 2 aromatic carbocycles. The Balaban J connectivity index is 1.90. The van der Waals surface area contributed by atoms with Crippen molar-refractivity contribution in [1.82, 2.24) is 18.7 Å². The highest BCUT2D eigenvalue weighted by Gasteiger charge is 2.25. The molecular formula is C26H30N4O5S. The summed E-state index contributed by atoms with van der Waals surface area (Å²) in [6.07, 6.45) is 1.12. The number of aryl methyl sites for hydroxylation is 1. The van der Waals surface area contributed by atoms with Crippen LogP contribution in [0.3, 0.4) is 0 Å². The Kier molecular flexibility index (Phi) is 7.53. The zero-order valence-electron chi connectivity index (χ0n) is 20.9. The molecule has 190 valence electrons. The van der Waals surface area contributed by atoms with Crippen molar-refractivity contribution in [1.29, 1.82) is 0 Å². The molecule has 0 saturated heterocycles. The number of carbonyl (C=O) groups excluding carboxylic acids is 1. The first kappa shape index (κ1) is 25.6. The number of esters is 1. The van der Waals surface area contributed by atoms with E-state index in [4.69, 9.17) is 4.74 Å². The number of nitrogens with zero attached hydrogens (tertiary/aromatic N) is 4. The molecule has 9 nitrogen and oxygen atoms in total. The molecule has 0 aliphatic carbocycles. The van der Waals surface area contributed by atoms with Crippen LogP contribution in [0, 0.1) is 5.92 Å². The van der Waals surface area contributed by atoms with Gasteiger partial charge in [-0.15, -0.1) is 0 Å². The van der Waals surface area contributed by atoms with Crippen LogP contribution in [0.15, 0.2) is 62.1 Å². The van der Waals surface area contributed by atoms with Crippen LogP contribution in [0.25, 0.3) is 21.9 Å². The van der Waals surface area contributed by atoms with Gasteiger partial charge in [-0.1, -0.05) is 50.2 Å². The minimum Gasteiger partial charge on any atom is -0.466 e. The third kappa shape index (κ3) is 4.90. The van der Waals surface area contributed by atoms with Crippen molar-refractivity contribution in [3.8, 4) is 0 Å². The highest BCUT2D eigenvalue weighted by Crippen LogP contribution is 2.27. The number of rotatable bonds is 9. The van der Waals surface area contributed by atoms with Gasteiger partial charge < -0.3 is 9.30 Å². The Morgan fingerprint density at radius 3 is 2.50 bits per heavy atom. The SMILES string of the molecule is CC(=O)OCCCCn1c(S(=O)c2cccc3ccccc23)nc2c1c(=O)n(C)c(=O)n2CC(C)C. The highest BCUT2D eigenvalue weighted by molar-refractivity contribution is 7.85. The Morgan fingerprint density at radius 2 is 1.78 bits per heavy atom. The van der Waals surface area contributed by atoms with Gasteiger partial charge in [0, 0.05) is 27.1 Å². The lowest BCUT2D eigenvalue weighted by Gasteiger charge is -2.12. The van der Waals surface area contributed by atoms with E-state index in [0.29, 0.717) is 30.8 Å². The van der Waals surface area contributed by atoms with Crippen LogP contribution < -0.4 is 11.2 Å². The van der Waals surface area contributed by atoms with E-state index in [1.807, 2.05) is 50.2 Å². The second-order valence-electron chi connectivity index (χ2n) is 9.16. The standard InChI is InChI=1S/C26H30N4O5S/c1-17(2)16-30-23-22(24(32)28(4)26(30)33)29(14-7-8-15-35-18(3)31)25(27-23)36(34)21-13-9-11-19-10-5-6-12-20(19)21/h5-6,9-13,17H,7-8,14-16H2,1-4H3. The van der Waals surface area contributed by atoms with E-state index >= 15 is 0 Å². The molecule has 0 aliphatic heterocycles. The number of carbonyl (C=O) groups is 1. The maximum Gasteiger partial charge on any atom is 0.332 e. The molecule has 4 rings (SSSR count). The van der Waals surface area contributed by atoms with Crippen molar-refractivity contribution < 1.29 is 13.7 Å². The zero-order valence-corrected chi connectivity index (χ0v) is 21.7. The number of hydrogen-bond acceptors (Lipinski definition) is 6. The van der Waals surface area contributed by atoms with Crippen molar-refractivity contribution in [2.45, 2.75) is 56.8 Å². The predicted molar refractivity (Wildman–Crippen MR) is 139 cm³/mol. The van der Waals surface area contributed by atoms with Crippen molar-refractivity contribution >= 4 is 38.7 Å². The predicted octanol–water partition coefficient (Wildman–Crippen LogP) is 3.22. The summed E-state index contributed by atoms with van der Waals surface area (Å²) in [6.45, 7) is 6.26. The molecule has 0 aliphatic rings. The Labute approximate surface area is 210 Å². The third-order valence-corrected chi connectivity index (χ3v) is 7.34. The molecule has 1 unspecified atom stereocenters.